The number of rotatable bonds is 6. The second-order valence-electron chi connectivity index (χ2n) is 13.8. The second kappa shape index (κ2) is 13.2. The van der Waals surface area contributed by atoms with Gasteiger partial charge in [-0.05, 0) is 63.3 Å². The van der Waals surface area contributed by atoms with Crippen LogP contribution in [-0.2, 0) is 22.6 Å². The first-order valence-corrected chi connectivity index (χ1v) is 16.6. The van der Waals surface area contributed by atoms with Crippen molar-refractivity contribution in [1.82, 2.24) is 23.9 Å². The van der Waals surface area contributed by atoms with Crippen molar-refractivity contribution in [2.24, 2.45) is 5.92 Å². The molecule has 2 amide bonds. The van der Waals surface area contributed by atoms with E-state index < -0.39 is 11.2 Å². The van der Waals surface area contributed by atoms with Crippen molar-refractivity contribution in [1.29, 1.82) is 0 Å². The third-order valence-corrected chi connectivity index (χ3v) is 9.69. The van der Waals surface area contributed by atoms with E-state index in [1.807, 2.05) is 91.0 Å². The highest BCUT2D eigenvalue weighted by Crippen LogP contribution is 2.36. The molecule has 2 aliphatic heterocycles. The Morgan fingerprint density at radius 3 is 2.38 bits per heavy atom. The van der Waals surface area contributed by atoms with Gasteiger partial charge < -0.3 is 24.2 Å². The molecule has 47 heavy (non-hydrogen) atoms. The van der Waals surface area contributed by atoms with E-state index in [2.05, 4.69) is 4.98 Å². The molecular formula is C36H42ClN5O5. The molecule has 0 saturated carbocycles. The van der Waals surface area contributed by atoms with Crippen LogP contribution in [0.4, 0.5) is 4.79 Å². The minimum Gasteiger partial charge on any atom is -0.444 e. The molecule has 11 heteroatoms. The van der Waals surface area contributed by atoms with Crippen LogP contribution in [0, 0.1) is 5.92 Å². The highest BCUT2D eigenvalue weighted by Gasteiger charge is 2.42. The smallest absolute Gasteiger partial charge is 0.410 e. The number of aromatic nitrogens is 3. The number of carbonyl (C=O) groups is 2. The van der Waals surface area contributed by atoms with E-state index >= 15 is 0 Å². The quantitative estimate of drug-likeness (QED) is 0.301. The van der Waals surface area contributed by atoms with Gasteiger partial charge in [0.25, 0.3) is 5.56 Å². The minimum atomic E-state index is -1.16. The molecule has 2 aromatic carbocycles. The third kappa shape index (κ3) is 7.23. The van der Waals surface area contributed by atoms with Crippen LogP contribution >= 0.6 is 11.6 Å². The van der Waals surface area contributed by atoms with E-state index in [0.717, 1.165) is 11.1 Å². The summed E-state index contributed by atoms with van der Waals surface area (Å²) in [5, 5.41) is 12.7. The number of benzene rings is 2. The summed E-state index contributed by atoms with van der Waals surface area (Å²) in [5.74, 6) is -0.441. The number of aliphatic hydroxyl groups is 1. The number of piperidine rings is 2. The van der Waals surface area contributed by atoms with Gasteiger partial charge in [-0.2, -0.15) is 0 Å². The number of carbonyl (C=O) groups excluding carboxylic acids is 2. The fraction of sp³-hybridized carbons (Fsp3) is 0.444. The first-order valence-electron chi connectivity index (χ1n) is 16.2. The lowest BCUT2D eigenvalue weighted by Crippen LogP contribution is -2.53. The molecule has 2 fully saturated rings. The number of hydrogen-bond acceptors (Lipinski definition) is 6. The fourth-order valence-corrected chi connectivity index (χ4v) is 6.98. The monoisotopic (exact) mass is 659 g/mol. The van der Waals surface area contributed by atoms with Crippen molar-refractivity contribution in [2.75, 3.05) is 26.2 Å². The van der Waals surface area contributed by atoms with E-state index in [4.69, 9.17) is 16.3 Å². The zero-order valence-electron chi connectivity index (χ0n) is 27.1. The summed E-state index contributed by atoms with van der Waals surface area (Å²) < 4.78 is 9.00. The van der Waals surface area contributed by atoms with Gasteiger partial charge in [0.05, 0.1) is 24.1 Å². The van der Waals surface area contributed by atoms with Crippen LogP contribution in [0.25, 0.3) is 11.0 Å². The van der Waals surface area contributed by atoms with Gasteiger partial charge in [-0.1, -0.05) is 60.1 Å². The van der Waals surface area contributed by atoms with Gasteiger partial charge in [-0.3, -0.25) is 14.2 Å². The molecule has 0 spiro atoms. The van der Waals surface area contributed by atoms with Crippen LogP contribution < -0.4 is 5.56 Å². The van der Waals surface area contributed by atoms with E-state index in [9.17, 15) is 19.5 Å². The summed E-state index contributed by atoms with van der Waals surface area (Å²) in [4.78, 5) is 48.5. The largest absolute Gasteiger partial charge is 0.444 e. The van der Waals surface area contributed by atoms with Crippen molar-refractivity contribution < 1.29 is 19.4 Å². The topological polar surface area (TPSA) is 110 Å². The lowest BCUT2D eigenvalue weighted by Gasteiger charge is -2.43. The van der Waals surface area contributed by atoms with E-state index in [0.29, 0.717) is 68.0 Å². The number of halogens is 1. The maximum absolute atomic E-state index is 14.0. The Morgan fingerprint density at radius 1 is 0.979 bits per heavy atom. The molecule has 2 saturated heterocycles. The number of amides is 2. The summed E-state index contributed by atoms with van der Waals surface area (Å²) in [6.07, 6.45) is 4.15. The number of fused-ring (bicyclic) bond motifs is 1. The van der Waals surface area contributed by atoms with Gasteiger partial charge in [0.1, 0.15) is 17.6 Å². The molecule has 1 N–H and O–H groups in total. The lowest BCUT2D eigenvalue weighted by molar-refractivity contribution is -0.142. The Bertz CT molecular complexity index is 1810. The van der Waals surface area contributed by atoms with Crippen LogP contribution in [0.5, 0.6) is 0 Å². The van der Waals surface area contributed by atoms with Crippen LogP contribution in [0.2, 0.25) is 5.02 Å². The van der Waals surface area contributed by atoms with Crippen LogP contribution in [0.15, 0.2) is 78.0 Å². The zero-order valence-corrected chi connectivity index (χ0v) is 27.9. The second-order valence-corrected chi connectivity index (χ2v) is 14.2. The lowest BCUT2D eigenvalue weighted by atomic mass is 9.79. The Hall–Kier alpha value is -4.15. The maximum Gasteiger partial charge on any atom is 0.410 e. The van der Waals surface area contributed by atoms with Crippen molar-refractivity contribution in [2.45, 2.75) is 70.2 Å². The summed E-state index contributed by atoms with van der Waals surface area (Å²) in [6.45, 7) is 7.70. The van der Waals surface area contributed by atoms with Gasteiger partial charge in [0.2, 0.25) is 5.91 Å². The Morgan fingerprint density at radius 2 is 1.68 bits per heavy atom. The number of likely N-dealkylation sites (tertiary alicyclic amines) is 2. The Kier molecular flexibility index (Phi) is 9.18. The van der Waals surface area contributed by atoms with Gasteiger partial charge >= 0.3 is 6.09 Å². The molecule has 2 atom stereocenters. The Balaban J connectivity index is 1.12. The highest BCUT2D eigenvalue weighted by atomic mass is 35.5. The van der Waals surface area contributed by atoms with E-state index in [1.165, 1.54) is 10.9 Å². The molecular weight excluding hydrogens is 618 g/mol. The number of nitrogens with zero attached hydrogens (tertiary/aromatic N) is 5. The molecule has 10 nitrogen and oxygen atoms in total. The van der Waals surface area contributed by atoms with E-state index in [-0.39, 0.29) is 35.9 Å². The molecule has 2 aromatic heterocycles. The average Bonchev–Trinajstić information content (AvgIpc) is 3.46. The third-order valence-electron chi connectivity index (χ3n) is 9.32. The molecule has 2 aliphatic rings. The SMILES string of the molecule is CC(C)(C)OC(=O)N1CC[C@@H](C(=O)N2CCC(O)(Cn3cnc4c(ccn4Cc4ccccc4Cl)c3=O)CC2)[C@H](c2ccccc2)C1. The van der Waals surface area contributed by atoms with Crippen LogP contribution in [-0.4, -0.2) is 78.4 Å². The highest BCUT2D eigenvalue weighted by molar-refractivity contribution is 6.31. The number of ether oxygens (including phenoxy) is 1. The maximum atomic E-state index is 14.0. The van der Waals surface area contributed by atoms with Gasteiger partial charge in [-0.15, -0.1) is 0 Å². The van der Waals surface area contributed by atoms with Gasteiger partial charge in [0, 0.05) is 49.2 Å². The molecule has 6 rings (SSSR count). The molecule has 4 aromatic rings. The first-order chi connectivity index (χ1) is 22.4. The van der Waals surface area contributed by atoms with Crippen molar-refractivity contribution in [3.05, 3.63) is 99.7 Å². The minimum absolute atomic E-state index is 0.0323. The predicted molar refractivity (Wildman–Crippen MR) is 180 cm³/mol. The zero-order chi connectivity index (χ0) is 33.3. The molecule has 248 valence electrons. The standard InChI is InChI=1S/C36H42ClN5O5/c1-35(2,3)47-34(45)41-18-13-27(29(22-41)25-9-5-4-6-10-25)32(43)39-19-15-36(46,16-20-39)23-42-24-38-31-28(33(42)44)14-17-40(31)21-26-11-7-8-12-30(26)37/h4-12,14,17,24,27,29,46H,13,15-16,18-23H2,1-3H3/t27-,29+/m1/s1. The van der Waals surface area contributed by atoms with Crippen molar-refractivity contribution in [3.63, 3.8) is 0 Å². The van der Waals surface area contributed by atoms with Crippen molar-refractivity contribution >= 4 is 34.6 Å². The Labute approximate surface area is 279 Å². The summed E-state index contributed by atoms with van der Waals surface area (Å²) in [7, 11) is 0. The van der Waals surface area contributed by atoms with Crippen LogP contribution in [0.3, 0.4) is 0 Å². The summed E-state index contributed by atoms with van der Waals surface area (Å²) >= 11 is 6.35. The van der Waals surface area contributed by atoms with Gasteiger partial charge in [0.15, 0.2) is 0 Å². The normalized spacial score (nSPS) is 19.9. The summed E-state index contributed by atoms with van der Waals surface area (Å²) in [6, 6.07) is 19.2. The first kappa shape index (κ1) is 32.8. The van der Waals surface area contributed by atoms with E-state index in [1.54, 1.807) is 11.0 Å². The fourth-order valence-electron chi connectivity index (χ4n) is 6.79. The predicted octanol–water partition coefficient (Wildman–Crippen LogP) is 5.29. The number of hydrogen-bond donors (Lipinski definition) is 1. The molecule has 0 bridgehead atoms. The molecule has 0 aliphatic carbocycles. The van der Waals surface area contributed by atoms with Crippen LogP contribution in [0.1, 0.15) is 57.1 Å². The molecule has 0 radical (unpaired) electrons. The molecule has 0 unspecified atom stereocenters. The van der Waals surface area contributed by atoms with Gasteiger partial charge in [-0.25, -0.2) is 9.78 Å². The van der Waals surface area contributed by atoms with Crippen molar-refractivity contribution in [3.8, 4) is 0 Å². The molecule has 4 heterocycles. The average molecular weight is 660 g/mol. The summed E-state index contributed by atoms with van der Waals surface area (Å²) in [5.41, 5.74) is 0.514.